The quantitative estimate of drug-likeness (QED) is 0.882. The van der Waals surface area contributed by atoms with Crippen molar-refractivity contribution in [3.8, 4) is 0 Å². The van der Waals surface area contributed by atoms with E-state index in [2.05, 4.69) is 4.72 Å². The van der Waals surface area contributed by atoms with Crippen LogP contribution in [0.4, 0.5) is 0 Å². The second-order valence-electron chi connectivity index (χ2n) is 3.87. The van der Waals surface area contributed by atoms with Gasteiger partial charge in [0, 0.05) is 6.54 Å². The van der Waals surface area contributed by atoms with E-state index in [9.17, 15) is 8.42 Å². The first-order chi connectivity index (χ1) is 9.03. The summed E-state index contributed by atoms with van der Waals surface area (Å²) in [7, 11) is -3.67. The van der Waals surface area contributed by atoms with Gasteiger partial charge in [-0.1, -0.05) is 17.7 Å². The Bertz CT molecular complexity index is 654. The first-order valence-corrected chi connectivity index (χ1v) is 7.39. The highest BCUT2D eigenvalue weighted by atomic mass is 35.5. The van der Waals surface area contributed by atoms with Gasteiger partial charge in [0.2, 0.25) is 10.0 Å². The number of hydrogen-bond donors (Lipinski definition) is 2. The summed E-state index contributed by atoms with van der Waals surface area (Å²) in [6, 6.07) is 7.99. The molecule has 0 aliphatic carbocycles. The van der Waals surface area contributed by atoms with Crippen LogP contribution in [0.15, 0.2) is 45.9 Å². The molecule has 0 saturated carbocycles. The molecule has 0 fully saturated rings. The topological polar surface area (TPSA) is 85.3 Å². The van der Waals surface area contributed by atoms with Crippen LogP contribution in [-0.2, 0) is 23.1 Å². The fourth-order valence-electron chi connectivity index (χ4n) is 1.55. The van der Waals surface area contributed by atoms with Gasteiger partial charge in [0.1, 0.15) is 10.7 Å². The van der Waals surface area contributed by atoms with Gasteiger partial charge < -0.3 is 10.2 Å². The highest BCUT2D eigenvalue weighted by Gasteiger charge is 2.18. The lowest BCUT2D eigenvalue weighted by Gasteiger charge is -2.08. The van der Waals surface area contributed by atoms with E-state index in [0.29, 0.717) is 12.3 Å². The highest BCUT2D eigenvalue weighted by Crippen LogP contribution is 2.22. The van der Waals surface area contributed by atoms with Crippen LogP contribution in [0.25, 0.3) is 0 Å². The number of furan rings is 1. The van der Waals surface area contributed by atoms with Crippen molar-refractivity contribution in [2.24, 2.45) is 5.73 Å². The maximum absolute atomic E-state index is 12.1. The van der Waals surface area contributed by atoms with E-state index >= 15 is 0 Å². The van der Waals surface area contributed by atoms with E-state index in [1.54, 1.807) is 24.3 Å². The first kappa shape index (κ1) is 14.1. The van der Waals surface area contributed by atoms with Crippen LogP contribution in [0.3, 0.4) is 0 Å². The normalized spacial score (nSPS) is 11.7. The predicted molar refractivity (Wildman–Crippen MR) is 72.1 cm³/mol. The van der Waals surface area contributed by atoms with Gasteiger partial charge in [0.15, 0.2) is 0 Å². The predicted octanol–water partition coefficient (Wildman–Crippen LogP) is 1.87. The third-order valence-electron chi connectivity index (χ3n) is 2.54. The SMILES string of the molecule is NCc1ccc(S(=O)(=O)NCc2ccco2)c(Cl)c1. The molecule has 7 heteroatoms. The largest absolute Gasteiger partial charge is 0.468 e. The van der Waals surface area contributed by atoms with Crippen LogP contribution in [0, 0.1) is 0 Å². The molecule has 102 valence electrons. The van der Waals surface area contributed by atoms with Crippen molar-refractivity contribution in [1.29, 1.82) is 0 Å². The molecule has 2 rings (SSSR count). The molecule has 0 aliphatic rings. The molecule has 0 aliphatic heterocycles. The zero-order valence-electron chi connectivity index (χ0n) is 9.97. The van der Waals surface area contributed by atoms with Crippen LogP contribution in [0.2, 0.25) is 5.02 Å². The minimum absolute atomic E-state index is 0.0259. The van der Waals surface area contributed by atoms with Crippen LogP contribution in [0.5, 0.6) is 0 Å². The van der Waals surface area contributed by atoms with Gasteiger partial charge in [-0.25, -0.2) is 13.1 Å². The Balaban J connectivity index is 2.19. The summed E-state index contributed by atoms with van der Waals surface area (Å²) in [5.74, 6) is 0.526. The van der Waals surface area contributed by atoms with Crippen molar-refractivity contribution in [2.45, 2.75) is 18.0 Å². The van der Waals surface area contributed by atoms with Crippen molar-refractivity contribution < 1.29 is 12.8 Å². The average molecular weight is 301 g/mol. The Labute approximate surface area is 116 Å². The molecule has 3 N–H and O–H groups in total. The third-order valence-corrected chi connectivity index (χ3v) is 4.42. The van der Waals surface area contributed by atoms with Crippen molar-refractivity contribution in [3.05, 3.63) is 52.9 Å². The second-order valence-corrected chi connectivity index (χ2v) is 6.02. The van der Waals surface area contributed by atoms with Crippen LogP contribution >= 0.6 is 11.6 Å². The number of halogens is 1. The summed E-state index contributed by atoms with van der Waals surface area (Å²) in [5, 5.41) is 0.148. The summed E-state index contributed by atoms with van der Waals surface area (Å²) in [5.41, 5.74) is 6.24. The Morgan fingerprint density at radius 2 is 2.11 bits per heavy atom. The third kappa shape index (κ3) is 3.36. The lowest BCUT2D eigenvalue weighted by molar-refractivity contribution is 0.498. The van der Waals surface area contributed by atoms with E-state index in [1.165, 1.54) is 12.3 Å². The first-order valence-electron chi connectivity index (χ1n) is 5.53. The molecule has 5 nitrogen and oxygen atoms in total. The van der Waals surface area contributed by atoms with E-state index < -0.39 is 10.0 Å². The van der Waals surface area contributed by atoms with Crippen molar-refractivity contribution >= 4 is 21.6 Å². The lowest BCUT2D eigenvalue weighted by atomic mass is 10.2. The monoisotopic (exact) mass is 300 g/mol. The number of nitrogens with two attached hydrogens (primary N) is 1. The molecule has 0 amide bonds. The molecular weight excluding hydrogens is 288 g/mol. The standard InChI is InChI=1S/C12H13ClN2O3S/c13-11-6-9(7-14)3-4-12(11)19(16,17)15-8-10-2-1-5-18-10/h1-6,15H,7-8,14H2. The maximum atomic E-state index is 12.1. The minimum Gasteiger partial charge on any atom is -0.468 e. The highest BCUT2D eigenvalue weighted by molar-refractivity contribution is 7.89. The Kier molecular flexibility index (Phi) is 4.26. The van der Waals surface area contributed by atoms with Crippen molar-refractivity contribution in [3.63, 3.8) is 0 Å². The molecule has 0 spiro atoms. The minimum atomic E-state index is -3.67. The molecule has 0 radical (unpaired) electrons. The molecule has 0 unspecified atom stereocenters. The molecular formula is C12H13ClN2O3S. The second kappa shape index (κ2) is 5.75. The van der Waals surface area contributed by atoms with Gasteiger partial charge in [-0.3, -0.25) is 0 Å². The van der Waals surface area contributed by atoms with E-state index in [1.807, 2.05) is 0 Å². The Morgan fingerprint density at radius 1 is 1.32 bits per heavy atom. The van der Waals surface area contributed by atoms with Crippen LogP contribution in [-0.4, -0.2) is 8.42 Å². The zero-order valence-corrected chi connectivity index (χ0v) is 11.5. The van der Waals surface area contributed by atoms with Crippen molar-refractivity contribution in [1.82, 2.24) is 4.72 Å². The fourth-order valence-corrected chi connectivity index (χ4v) is 3.10. The fraction of sp³-hybridized carbons (Fsp3) is 0.167. The smallest absolute Gasteiger partial charge is 0.242 e. The van der Waals surface area contributed by atoms with Gasteiger partial charge >= 0.3 is 0 Å². The summed E-state index contributed by atoms with van der Waals surface area (Å²) in [4.78, 5) is 0.0259. The molecule has 1 aromatic carbocycles. The molecule has 0 atom stereocenters. The Morgan fingerprint density at radius 3 is 2.68 bits per heavy atom. The number of nitrogens with one attached hydrogen (secondary N) is 1. The van der Waals surface area contributed by atoms with Crippen molar-refractivity contribution in [2.75, 3.05) is 0 Å². The lowest BCUT2D eigenvalue weighted by Crippen LogP contribution is -2.23. The molecule has 0 bridgehead atoms. The molecule has 0 saturated heterocycles. The van der Waals surface area contributed by atoms with E-state index in [0.717, 1.165) is 5.56 Å². The molecule has 1 heterocycles. The number of hydrogen-bond acceptors (Lipinski definition) is 4. The maximum Gasteiger partial charge on any atom is 0.242 e. The zero-order chi connectivity index (χ0) is 13.9. The Hall–Kier alpha value is -1.34. The van der Waals surface area contributed by atoms with E-state index in [-0.39, 0.29) is 16.5 Å². The summed E-state index contributed by atoms with van der Waals surface area (Å²) >= 11 is 5.96. The van der Waals surface area contributed by atoms with Crippen LogP contribution in [0.1, 0.15) is 11.3 Å². The van der Waals surface area contributed by atoms with E-state index in [4.69, 9.17) is 21.8 Å². The van der Waals surface area contributed by atoms with Gasteiger partial charge in [-0.2, -0.15) is 0 Å². The number of rotatable bonds is 5. The summed E-state index contributed by atoms with van der Waals surface area (Å²) in [6.07, 6.45) is 1.48. The molecule has 19 heavy (non-hydrogen) atoms. The van der Waals surface area contributed by atoms with Gasteiger partial charge in [-0.05, 0) is 29.8 Å². The summed E-state index contributed by atoms with van der Waals surface area (Å²) in [6.45, 7) is 0.379. The molecule has 1 aromatic heterocycles. The average Bonchev–Trinajstić information content (AvgIpc) is 2.89. The summed E-state index contributed by atoms with van der Waals surface area (Å²) < 4.78 is 31.6. The van der Waals surface area contributed by atoms with Crippen LogP contribution < -0.4 is 10.5 Å². The molecule has 2 aromatic rings. The van der Waals surface area contributed by atoms with Gasteiger partial charge in [0.05, 0.1) is 17.8 Å². The van der Waals surface area contributed by atoms with Gasteiger partial charge in [0.25, 0.3) is 0 Å². The number of benzene rings is 1. The van der Waals surface area contributed by atoms with Gasteiger partial charge in [-0.15, -0.1) is 0 Å². The number of sulfonamides is 1.